The van der Waals surface area contributed by atoms with Crippen LogP contribution in [0.5, 0.6) is 5.75 Å². The molecule has 144 valence electrons. The molecule has 1 aromatic heterocycles. The van der Waals surface area contributed by atoms with Crippen molar-refractivity contribution in [2.24, 2.45) is 5.92 Å². The molecule has 2 aromatic rings. The Morgan fingerprint density at radius 1 is 1.26 bits per heavy atom. The molecule has 2 N–H and O–H groups in total. The van der Waals surface area contributed by atoms with Crippen molar-refractivity contribution in [1.82, 2.24) is 4.90 Å². The largest absolute Gasteiger partial charge is 0.506 e. The van der Waals surface area contributed by atoms with Gasteiger partial charge in [0, 0.05) is 13.1 Å². The van der Waals surface area contributed by atoms with Crippen molar-refractivity contribution in [3.05, 3.63) is 46.2 Å². The van der Waals surface area contributed by atoms with Gasteiger partial charge in [0.15, 0.2) is 0 Å². The first-order valence-corrected chi connectivity index (χ1v) is 10.1. The van der Waals surface area contributed by atoms with Gasteiger partial charge in [-0.15, -0.1) is 11.3 Å². The average Bonchev–Trinajstić information content (AvgIpc) is 3.16. The number of amides is 2. The maximum Gasteiger partial charge on any atom is 0.263 e. The number of likely N-dealkylation sites (tertiary alicyclic amines) is 1. The van der Waals surface area contributed by atoms with Crippen molar-refractivity contribution in [3.63, 3.8) is 0 Å². The summed E-state index contributed by atoms with van der Waals surface area (Å²) in [6.45, 7) is 7.33. The van der Waals surface area contributed by atoms with Gasteiger partial charge < -0.3 is 15.3 Å². The maximum absolute atomic E-state index is 12.8. The first-order chi connectivity index (χ1) is 12.8. The summed E-state index contributed by atoms with van der Waals surface area (Å²) in [5.41, 5.74) is 1.38. The molecule has 1 atom stereocenters. The molecule has 1 aliphatic rings. The lowest BCUT2D eigenvalue weighted by Crippen LogP contribution is -2.43. The second-order valence-electron chi connectivity index (χ2n) is 8.04. The highest BCUT2D eigenvalue weighted by Crippen LogP contribution is 2.31. The zero-order valence-electron chi connectivity index (χ0n) is 16.0. The molecule has 0 radical (unpaired) electrons. The Bertz CT molecular complexity index is 824. The van der Waals surface area contributed by atoms with Gasteiger partial charge >= 0.3 is 0 Å². The van der Waals surface area contributed by atoms with E-state index < -0.39 is 0 Å². The van der Waals surface area contributed by atoms with Crippen molar-refractivity contribution in [3.8, 4) is 5.75 Å². The van der Waals surface area contributed by atoms with Crippen molar-refractivity contribution < 1.29 is 14.7 Å². The Hall–Kier alpha value is -2.34. The fraction of sp³-hybridized carbons (Fsp3) is 0.429. The first kappa shape index (κ1) is 19.4. The molecule has 2 heterocycles. The highest BCUT2D eigenvalue weighted by Gasteiger charge is 2.30. The number of nitrogens with one attached hydrogen (secondary N) is 1. The summed E-state index contributed by atoms with van der Waals surface area (Å²) in [4.78, 5) is 27.8. The van der Waals surface area contributed by atoms with E-state index >= 15 is 0 Å². The van der Waals surface area contributed by atoms with E-state index in [9.17, 15) is 14.7 Å². The van der Waals surface area contributed by atoms with Crippen LogP contribution in [-0.4, -0.2) is 34.9 Å². The number of hydrogen-bond donors (Lipinski definition) is 2. The number of phenolic OH excluding ortho intramolecular Hbond substituents is 1. The number of nitrogens with zero attached hydrogens (tertiary/aromatic N) is 1. The lowest BCUT2D eigenvalue weighted by atomic mass is 9.86. The number of piperidine rings is 1. The summed E-state index contributed by atoms with van der Waals surface area (Å²) in [6.07, 6.45) is 1.53. The van der Waals surface area contributed by atoms with E-state index in [0.717, 1.165) is 18.4 Å². The molecule has 1 aromatic carbocycles. The molecule has 0 saturated carbocycles. The molecule has 1 aliphatic heterocycles. The molecule has 5 nitrogen and oxygen atoms in total. The molecule has 0 bridgehead atoms. The second kappa shape index (κ2) is 7.72. The maximum atomic E-state index is 12.8. The van der Waals surface area contributed by atoms with Gasteiger partial charge in [0.1, 0.15) is 5.75 Å². The smallest absolute Gasteiger partial charge is 0.263 e. The molecule has 27 heavy (non-hydrogen) atoms. The molecule has 6 heteroatoms. The fourth-order valence-corrected chi connectivity index (χ4v) is 3.96. The second-order valence-corrected chi connectivity index (χ2v) is 8.99. The predicted molar refractivity (Wildman–Crippen MR) is 108 cm³/mol. The minimum atomic E-state index is -0.277. The number of carbonyl (C=O) groups is 2. The summed E-state index contributed by atoms with van der Waals surface area (Å²) in [7, 11) is 0. The summed E-state index contributed by atoms with van der Waals surface area (Å²) in [5.74, 6) is -0.390. The van der Waals surface area contributed by atoms with Crippen molar-refractivity contribution >= 4 is 28.8 Å². The van der Waals surface area contributed by atoms with E-state index in [1.54, 1.807) is 11.0 Å². The summed E-state index contributed by atoms with van der Waals surface area (Å²) in [5, 5.41) is 14.9. The van der Waals surface area contributed by atoms with E-state index in [0.29, 0.717) is 23.7 Å². The minimum Gasteiger partial charge on any atom is -0.506 e. The third-order valence-corrected chi connectivity index (χ3v) is 5.79. The topological polar surface area (TPSA) is 69.6 Å². The van der Waals surface area contributed by atoms with Crippen LogP contribution >= 0.6 is 11.3 Å². The predicted octanol–water partition coefficient (Wildman–Crippen LogP) is 4.24. The zero-order valence-corrected chi connectivity index (χ0v) is 16.8. The number of anilines is 1. The average molecular weight is 387 g/mol. The quantitative estimate of drug-likeness (QED) is 0.775. The molecular formula is C21H26N2O3S. The Morgan fingerprint density at radius 3 is 2.70 bits per heavy atom. The summed E-state index contributed by atoms with van der Waals surface area (Å²) in [6, 6.07) is 8.98. The molecule has 2 amide bonds. The van der Waals surface area contributed by atoms with Crippen molar-refractivity contribution in [1.29, 1.82) is 0 Å². The van der Waals surface area contributed by atoms with Crippen molar-refractivity contribution in [2.45, 2.75) is 39.0 Å². The molecule has 0 spiro atoms. The summed E-state index contributed by atoms with van der Waals surface area (Å²) < 4.78 is 0. The third-order valence-electron chi connectivity index (χ3n) is 4.93. The van der Waals surface area contributed by atoms with E-state index in [1.807, 2.05) is 29.6 Å². The van der Waals surface area contributed by atoms with Gasteiger partial charge in [-0.3, -0.25) is 9.59 Å². The van der Waals surface area contributed by atoms with Crippen LogP contribution in [0, 0.1) is 5.92 Å². The molecule has 1 saturated heterocycles. The highest BCUT2D eigenvalue weighted by atomic mass is 32.1. The Morgan fingerprint density at radius 2 is 2.04 bits per heavy atom. The molecule has 1 fully saturated rings. The number of aromatic hydroxyl groups is 1. The fourth-order valence-electron chi connectivity index (χ4n) is 3.27. The van der Waals surface area contributed by atoms with E-state index in [1.165, 1.54) is 11.3 Å². The number of thiophene rings is 1. The van der Waals surface area contributed by atoms with Gasteiger partial charge in [0.25, 0.3) is 5.91 Å². The number of hydrogen-bond acceptors (Lipinski definition) is 4. The van der Waals surface area contributed by atoms with Crippen LogP contribution in [0.15, 0.2) is 35.7 Å². The van der Waals surface area contributed by atoms with Gasteiger partial charge in [-0.2, -0.15) is 0 Å². The highest BCUT2D eigenvalue weighted by molar-refractivity contribution is 7.12. The lowest BCUT2D eigenvalue weighted by molar-refractivity contribution is -0.121. The van der Waals surface area contributed by atoms with Gasteiger partial charge in [-0.1, -0.05) is 32.9 Å². The lowest BCUT2D eigenvalue weighted by Gasteiger charge is -2.32. The molecule has 3 rings (SSSR count). The van der Waals surface area contributed by atoms with Gasteiger partial charge in [-0.25, -0.2) is 0 Å². The summed E-state index contributed by atoms with van der Waals surface area (Å²) >= 11 is 1.42. The van der Waals surface area contributed by atoms with Crippen LogP contribution in [-0.2, 0) is 10.2 Å². The monoisotopic (exact) mass is 386 g/mol. The van der Waals surface area contributed by atoms with Crippen LogP contribution in [0.2, 0.25) is 0 Å². The van der Waals surface area contributed by atoms with E-state index in [4.69, 9.17) is 0 Å². The van der Waals surface area contributed by atoms with E-state index in [-0.39, 0.29) is 28.9 Å². The van der Waals surface area contributed by atoms with Crippen molar-refractivity contribution in [2.75, 3.05) is 18.4 Å². The van der Waals surface area contributed by atoms with Crippen LogP contribution < -0.4 is 5.32 Å². The molecular weight excluding hydrogens is 360 g/mol. The van der Waals surface area contributed by atoms with Gasteiger partial charge in [-0.05, 0) is 47.4 Å². The van der Waals surface area contributed by atoms with Gasteiger partial charge in [0.05, 0.1) is 16.5 Å². The third kappa shape index (κ3) is 4.50. The normalized spacial score (nSPS) is 17.6. The minimum absolute atomic E-state index is 0.0138. The Balaban J connectivity index is 1.70. The molecule has 0 aliphatic carbocycles. The van der Waals surface area contributed by atoms with E-state index in [2.05, 4.69) is 26.1 Å². The Kier molecular flexibility index (Phi) is 5.56. The SMILES string of the molecule is CC(C)(C)c1ccc(O)c(NC(=O)[C@H]2CCCN(C(=O)c3cccs3)C2)c1. The number of phenols is 1. The van der Waals surface area contributed by atoms with Crippen LogP contribution in [0.3, 0.4) is 0 Å². The van der Waals surface area contributed by atoms with Crippen LogP contribution in [0.4, 0.5) is 5.69 Å². The van der Waals surface area contributed by atoms with Gasteiger partial charge in [0.2, 0.25) is 5.91 Å². The number of benzene rings is 1. The van der Waals surface area contributed by atoms with Crippen LogP contribution in [0.25, 0.3) is 0 Å². The first-order valence-electron chi connectivity index (χ1n) is 9.23. The van der Waals surface area contributed by atoms with Crippen LogP contribution in [0.1, 0.15) is 48.8 Å². The standard InChI is InChI=1S/C21H26N2O3S/c1-21(2,3)15-8-9-17(24)16(12-15)22-19(25)14-6-4-10-23(13-14)20(26)18-7-5-11-27-18/h5,7-9,11-12,14,24H,4,6,10,13H2,1-3H3,(H,22,25)/t14-/m0/s1. The zero-order chi connectivity index (χ0) is 19.6. The molecule has 0 unspecified atom stereocenters. The Labute approximate surface area is 164 Å². The number of carbonyl (C=O) groups excluding carboxylic acids is 2. The number of rotatable bonds is 3.